The third-order valence-corrected chi connectivity index (χ3v) is 2.65. The van der Waals surface area contributed by atoms with Crippen molar-refractivity contribution in [1.29, 1.82) is 5.26 Å². The van der Waals surface area contributed by atoms with E-state index in [0.717, 1.165) is 25.3 Å². The number of hydrogen-bond acceptors (Lipinski definition) is 4. The Morgan fingerprint density at radius 1 is 1.17 bits per heavy atom. The molecule has 0 unspecified atom stereocenters. The molecule has 0 saturated heterocycles. The van der Waals surface area contributed by atoms with Crippen LogP contribution in [0.5, 0.6) is 0 Å². The predicted octanol–water partition coefficient (Wildman–Crippen LogP) is 2.05. The summed E-state index contributed by atoms with van der Waals surface area (Å²) in [6.45, 7) is 2.96. The van der Waals surface area contributed by atoms with Gasteiger partial charge in [-0.2, -0.15) is 5.26 Å². The van der Waals surface area contributed by atoms with Crippen LogP contribution in [0.15, 0.2) is 24.3 Å². The van der Waals surface area contributed by atoms with Crippen LogP contribution >= 0.6 is 0 Å². The standard InChI is InChI=1S/C14H20N2O2/c1-16(8-3-9-18-11-10-17-2)14-6-4-13(12-15)5-7-14/h4-7H,3,8-11H2,1-2H3. The van der Waals surface area contributed by atoms with Crippen molar-refractivity contribution in [2.75, 3.05) is 45.4 Å². The first-order valence-electron chi connectivity index (χ1n) is 6.06. The second-order valence-corrected chi connectivity index (χ2v) is 4.04. The fourth-order valence-corrected chi connectivity index (χ4v) is 1.57. The number of methoxy groups -OCH3 is 1. The number of ether oxygens (including phenoxy) is 2. The molecule has 0 aliphatic heterocycles. The average molecular weight is 248 g/mol. The number of nitriles is 1. The summed E-state index contributed by atoms with van der Waals surface area (Å²) in [5.74, 6) is 0. The van der Waals surface area contributed by atoms with Gasteiger partial charge in [-0.15, -0.1) is 0 Å². The van der Waals surface area contributed by atoms with Gasteiger partial charge in [0.05, 0.1) is 24.8 Å². The quantitative estimate of drug-likeness (QED) is 0.660. The first-order chi connectivity index (χ1) is 8.77. The normalized spacial score (nSPS) is 10.1. The van der Waals surface area contributed by atoms with Gasteiger partial charge in [0.15, 0.2) is 0 Å². The molecule has 1 aromatic rings. The molecular weight excluding hydrogens is 228 g/mol. The van der Waals surface area contributed by atoms with Crippen LogP contribution < -0.4 is 4.90 Å². The van der Waals surface area contributed by atoms with Crippen LogP contribution in [0.25, 0.3) is 0 Å². The van der Waals surface area contributed by atoms with E-state index in [-0.39, 0.29) is 0 Å². The van der Waals surface area contributed by atoms with Crippen LogP contribution in [0, 0.1) is 11.3 Å². The molecular formula is C14H20N2O2. The van der Waals surface area contributed by atoms with E-state index in [2.05, 4.69) is 11.0 Å². The topological polar surface area (TPSA) is 45.5 Å². The Kier molecular flexibility index (Phi) is 6.85. The van der Waals surface area contributed by atoms with Crippen molar-refractivity contribution in [2.24, 2.45) is 0 Å². The lowest BCUT2D eigenvalue weighted by Gasteiger charge is -2.19. The highest BCUT2D eigenvalue weighted by molar-refractivity contribution is 5.48. The SMILES string of the molecule is COCCOCCCN(C)c1ccc(C#N)cc1. The van der Waals surface area contributed by atoms with Gasteiger partial charge in [0, 0.05) is 33.0 Å². The molecule has 0 N–H and O–H groups in total. The zero-order valence-electron chi connectivity index (χ0n) is 11.1. The van der Waals surface area contributed by atoms with E-state index < -0.39 is 0 Å². The van der Waals surface area contributed by atoms with Crippen molar-refractivity contribution in [3.63, 3.8) is 0 Å². The van der Waals surface area contributed by atoms with Crippen molar-refractivity contribution < 1.29 is 9.47 Å². The van der Waals surface area contributed by atoms with Gasteiger partial charge in [-0.25, -0.2) is 0 Å². The molecule has 0 heterocycles. The highest BCUT2D eigenvalue weighted by Gasteiger charge is 2.00. The molecule has 0 bridgehead atoms. The summed E-state index contributed by atoms with van der Waals surface area (Å²) >= 11 is 0. The summed E-state index contributed by atoms with van der Waals surface area (Å²) in [5, 5.41) is 8.72. The third kappa shape index (κ3) is 5.17. The van der Waals surface area contributed by atoms with Crippen LogP contribution in [0.1, 0.15) is 12.0 Å². The molecule has 0 spiro atoms. The highest BCUT2D eigenvalue weighted by atomic mass is 16.5. The highest BCUT2D eigenvalue weighted by Crippen LogP contribution is 2.13. The lowest BCUT2D eigenvalue weighted by molar-refractivity contribution is 0.0701. The maximum Gasteiger partial charge on any atom is 0.0991 e. The van der Waals surface area contributed by atoms with Crippen molar-refractivity contribution >= 4 is 5.69 Å². The van der Waals surface area contributed by atoms with Crippen LogP contribution in [0.3, 0.4) is 0 Å². The fourth-order valence-electron chi connectivity index (χ4n) is 1.57. The molecule has 4 heteroatoms. The van der Waals surface area contributed by atoms with E-state index in [4.69, 9.17) is 14.7 Å². The van der Waals surface area contributed by atoms with E-state index >= 15 is 0 Å². The summed E-state index contributed by atoms with van der Waals surface area (Å²) in [7, 11) is 3.71. The van der Waals surface area contributed by atoms with Gasteiger partial charge in [0.1, 0.15) is 0 Å². The van der Waals surface area contributed by atoms with E-state index in [1.807, 2.05) is 31.3 Å². The van der Waals surface area contributed by atoms with Gasteiger partial charge in [-0.05, 0) is 30.7 Å². The Balaban J connectivity index is 2.23. The second-order valence-electron chi connectivity index (χ2n) is 4.04. The largest absolute Gasteiger partial charge is 0.382 e. The molecule has 0 atom stereocenters. The van der Waals surface area contributed by atoms with Crippen molar-refractivity contribution in [3.05, 3.63) is 29.8 Å². The van der Waals surface area contributed by atoms with Crippen molar-refractivity contribution in [2.45, 2.75) is 6.42 Å². The Bertz CT molecular complexity index is 370. The van der Waals surface area contributed by atoms with Gasteiger partial charge in [-0.1, -0.05) is 0 Å². The zero-order chi connectivity index (χ0) is 13.2. The Morgan fingerprint density at radius 3 is 2.50 bits per heavy atom. The molecule has 1 aromatic carbocycles. The molecule has 0 radical (unpaired) electrons. The van der Waals surface area contributed by atoms with Gasteiger partial charge in [0.25, 0.3) is 0 Å². The summed E-state index contributed by atoms with van der Waals surface area (Å²) < 4.78 is 10.3. The smallest absolute Gasteiger partial charge is 0.0991 e. The van der Waals surface area contributed by atoms with Gasteiger partial charge in [0.2, 0.25) is 0 Å². The number of nitrogens with zero attached hydrogens (tertiary/aromatic N) is 2. The lowest BCUT2D eigenvalue weighted by Crippen LogP contribution is -2.20. The number of rotatable bonds is 8. The van der Waals surface area contributed by atoms with E-state index in [0.29, 0.717) is 18.8 Å². The molecule has 1 rings (SSSR count). The maximum atomic E-state index is 8.72. The van der Waals surface area contributed by atoms with Gasteiger partial charge >= 0.3 is 0 Å². The number of benzene rings is 1. The van der Waals surface area contributed by atoms with Gasteiger partial charge < -0.3 is 14.4 Å². The van der Waals surface area contributed by atoms with E-state index in [1.54, 1.807) is 7.11 Å². The summed E-state index contributed by atoms with van der Waals surface area (Å²) in [6.07, 6.45) is 0.972. The first-order valence-corrected chi connectivity index (χ1v) is 6.06. The molecule has 0 aliphatic carbocycles. The average Bonchev–Trinajstić information content (AvgIpc) is 2.42. The van der Waals surface area contributed by atoms with Crippen LogP contribution in [0.2, 0.25) is 0 Å². The second kappa shape index (κ2) is 8.51. The Hall–Kier alpha value is -1.57. The minimum Gasteiger partial charge on any atom is -0.382 e. The van der Waals surface area contributed by atoms with Gasteiger partial charge in [-0.3, -0.25) is 0 Å². The third-order valence-electron chi connectivity index (χ3n) is 2.65. The molecule has 0 fully saturated rings. The molecule has 18 heavy (non-hydrogen) atoms. The molecule has 0 aliphatic rings. The summed E-state index contributed by atoms with van der Waals surface area (Å²) in [4.78, 5) is 2.15. The lowest BCUT2D eigenvalue weighted by atomic mass is 10.2. The maximum absolute atomic E-state index is 8.72. The number of hydrogen-bond donors (Lipinski definition) is 0. The monoisotopic (exact) mass is 248 g/mol. The Morgan fingerprint density at radius 2 is 1.89 bits per heavy atom. The van der Waals surface area contributed by atoms with E-state index in [9.17, 15) is 0 Å². The van der Waals surface area contributed by atoms with E-state index in [1.165, 1.54) is 0 Å². The summed E-state index contributed by atoms with van der Waals surface area (Å²) in [5.41, 5.74) is 1.81. The molecule has 4 nitrogen and oxygen atoms in total. The molecule has 0 saturated carbocycles. The molecule has 0 aromatic heterocycles. The number of anilines is 1. The summed E-state index contributed by atoms with van der Waals surface area (Å²) in [6, 6.07) is 9.71. The van der Waals surface area contributed by atoms with Crippen molar-refractivity contribution in [1.82, 2.24) is 0 Å². The molecule has 0 amide bonds. The first kappa shape index (κ1) is 14.5. The van der Waals surface area contributed by atoms with Crippen LogP contribution in [-0.2, 0) is 9.47 Å². The predicted molar refractivity (Wildman–Crippen MR) is 71.7 cm³/mol. The minimum absolute atomic E-state index is 0.644. The molecule has 98 valence electrons. The zero-order valence-corrected chi connectivity index (χ0v) is 11.1. The Labute approximate surface area is 109 Å². The van der Waals surface area contributed by atoms with Crippen molar-refractivity contribution in [3.8, 4) is 6.07 Å². The fraction of sp³-hybridized carbons (Fsp3) is 0.500. The van der Waals surface area contributed by atoms with Crippen LogP contribution in [-0.4, -0.2) is 40.5 Å². The van der Waals surface area contributed by atoms with Crippen LogP contribution in [0.4, 0.5) is 5.69 Å². The minimum atomic E-state index is 0.644.